The smallest absolute Gasteiger partial charge is 0.183 e. The highest BCUT2D eigenvalue weighted by Gasteiger charge is 2.19. The molecule has 6 nitrogen and oxygen atoms in total. The van der Waals surface area contributed by atoms with Crippen molar-refractivity contribution >= 4 is 38.5 Å². The predicted molar refractivity (Wildman–Crippen MR) is 101 cm³/mol. The zero-order valence-electron chi connectivity index (χ0n) is 14.5. The van der Waals surface area contributed by atoms with Gasteiger partial charge < -0.3 is 10.2 Å². The van der Waals surface area contributed by atoms with Gasteiger partial charge in [-0.05, 0) is 42.5 Å². The molecule has 0 bridgehead atoms. The van der Waals surface area contributed by atoms with Crippen LogP contribution in [0.5, 0.6) is 0 Å². The minimum Gasteiger partial charge on any atom is -0.399 e. The maximum Gasteiger partial charge on any atom is 0.183 e. The van der Waals surface area contributed by atoms with Crippen LogP contribution in [-0.2, 0) is 9.84 Å². The molecule has 0 aliphatic heterocycles. The first-order valence-corrected chi connectivity index (χ1v) is 9.70. The Labute approximate surface area is 153 Å². The van der Waals surface area contributed by atoms with Gasteiger partial charge in [-0.25, -0.2) is 8.42 Å². The molecule has 2 N–H and O–H groups in total. The second-order valence-corrected chi connectivity index (χ2v) is 9.25. The third kappa shape index (κ3) is 5.81. The van der Waals surface area contributed by atoms with Gasteiger partial charge in [0.2, 0.25) is 0 Å². The maximum absolute atomic E-state index is 12.4. The first kappa shape index (κ1) is 19.4. The standard InChI is InChI=1S/C17H22ClN4O2S/c1-22(2,3)10-11-25(23,24)15-7-5-14(6-8-15)20-21-17-9-4-13(19)12-16(17)18/h4-9,12H,10-11,19H2,1-3H3/q+1. The summed E-state index contributed by atoms with van der Waals surface area (Å²) < 4.78 is 25.3. The number of nitrogens with zero attached hydrogens (tertiary/aromatic N) is 3. The van der Waals surface area contributed by atoms with Crippen molar-refractivity contribution in [3.63, 3.8) is 0 Å². The second-order valence-electron chi connectivity index (χ2n) is 6.74. The summed E-state index contributed by atoms with van der Waals surface area (Å²) in [6, 6.07) is 11.3. The summed E-state index contributed by atoms with van der Waals surface area (Å²) in [4.78, 5) is 0.283. The molecular weight excluding hydrogens is 360 g/mol. The number of halogens is 1. The van der Waals surface area contributed by atoms with Gasteiger partial charge in [-0.15, -0.1) is 5.11 Å². The fraction of sp³-hybridized carbons (Fsp3) is 0.294. The van der Waals surface area contributed by atoms with E-state index in [9.17, 15) is 8.42 Å². The second kappa shape index (κ2) is 7.51. The van der Waals surface area contributed by atoms with E-state index >= 15 is 0 Å². The maximum atomic E-state index is 12.4. The van der Waals surface area contributed by atoms with Crippen LogP contribution in [0.15, 0.2) is 57.6 Å². The average molecular weight is 382 g/mol. The van der Waals surface area contributed by atoms with Crippen molar-refractivity contribution in [3.05, 3.63) is 47.5 Å². The topological polar surface area (TPSA) is 84.9 Å². The molecule has 2 aromatic carbocycles. The van der Waals surface area contributed by atoms with Crippen molar-refractivity contribution in [3.8, 4) is 0 Å². The van der Waals surface area contributed by atoms with Crippen LogP contribution in [0.1, 0.15) is 0 Å². The summed E-state index contributed by atoms with van der Waals surface area (Å²) in [6.07, 6.45) is 0. The number of benzene rings is 2. The average Bonchev–Trinajstić information content (AvgIpc) is 2.52. The Balaban J connectivity index is 2.13. The molecule has 0 spiro atoms. The molecule has 0 atom stereocenters. The number of nitrogens with two attached hydrogens (primary N) is 1. The number of quaternary nitrogens is 1. The third-order valence-corrected chi connectivity index (χ3v) is 5.48. The number of anilines is 1. The Kier molecular flexibility index (Phi) is 5.82. The van der Waals surface area contributed by atoms with Crippen molar-refractivity contribution in [2.75, 3.05) is 39.2 Å². The van der Waals surface area contributed by atoms with E-state index in [1.807, 2.05) is 21.1 Å². The van der Waals surface area contributed by atoms with Crippen molar-refractivity contribution in [1.29, 1.82) is 0 Å². The Morgan fingerprint density at radius 1 is 1.04 bits per heavy atom. The van der Waals surface area contributed by atoms with E-state index < -0.39 is 9.84 Å². The molecule has 2 rings (SSSR count). The van der Waals surface area contributed by atoms with Gasteiger partial charge in [0, 0.05) is 5.69 Å². The van der Waals surface area contributed by atoms with Crippen molar-refractivity contribution in [1.82, 2.24) is 0 Å². The molecule has 0 aliphatic rings. The van der Waals surface area contributed by atoms with Crippen LogP contribution in [0.2, 0.25) is 5.02 Å². The van der Waals surface area contributed by atoms with E-state index in [1.54, 1.807) is 42.5 Å². The molecule has 2 aromatic rings. The fourth-order valence-corrected chi connectivity index (χ4v) is 3.75. The number of hydrogen-bond donors (Lipinski definition) is 1. The van der Waals surface area contributed by atoms with Crippen LogP contribution in [0, 0.1) is 0 Å². The lowest BCUT2D eigenvalue weighted by molar-refractivity contribution is -0.867. The predicted octanol–water partition coefficient (Wildman–Crippen LogP) is 3.82. The van der Waals surface area contributed by atoms with Gasteiger partial charge in [-0.2, -0.15) is 5.11 Å². The molecule has 134 valence electrons. The first-order valence-electron chi connectivity index (χ1n) is 7.67. The van der Waals surface area contributed by atoms with Crippen molar-refractivity contribution in [2.45, 2.75) is 4.90 Å². The van der Waals surface area contributed by atoms with Crippen LogP contribution >= 0.6 is 11.6 Å². The van der Waals surface area contributed by atoms with Crippen molar-refractivity contribution in [2.24, 2.45) is 10.2 Å². The van der Waals surface area contributed by atoms with Crippen LogP contribution < -0.4 is 5.73 Å². The zero-order valence-corrected chi connectivity index (χ0v) is 16.0. The fourth-order valence-electron chi connectivity index (χ4n) is 1.95. The molecule has 0 saturated carbocycles. The molecule has 0 aromatic heterocycles. The van der Waals surface area contributed by atoms with E-state index in [0.717, 1.165) is 0 Å². The van der Waals surface area contributed by atoms with Gasteiger partial charge in [0.25, 0.3) is 0 Å². The molecule has 0 heterocycles. The highest BCUT2D eigenvalue weighted by Crippen LogP contribution is 2.28. The number of azo groups is 1. The molecule has 0 fully saturated rings. The van der Waals surface area contributed by atoms with Gasteiger partial charge in [-0.3, -0.25) is 0 Å². The lowest BCUT2D eigenvalue weighted by Gasteiger charge is -2.23. The monoisotopic (exact) mass is 381 g/mol. The van der Waals surface area contributed by atoms with Gasteiger partial charge in [0.1, 0.15) is 11.4 Å². The SMILES string of the molecule is C[N+](C)(C)CCS(=O)(=O)c1ccc(N=Nc2ccc(N)cc2Cl)cc1. The molecular formula is C17H22ClN4O2S+. The molecule has 0 radical (unpaired) electrons. The quantitative estimate of drug-likeness (QED) is 0.469. The highest BCUT2D eigenvalue weighted by atomic mass is 35.5. The van der Waals surface area contributed by atoms with E-state index in [-0.39, 0.29) is 10.6 Å². The molecule has 25 heavy (non-hydrogen) atoms. The van der Waals surface area contributed by atoms with Crippen LogP contribution in [0.25, 0.3) is 0 Å². The lowest BCUT2D eigenvalue weighted by atomic mass is 10.3. The summed E-state index contributed by atoms with van der Waals surface area (Å²) in [7, 11) is 2.57. The van der Waals surface area contributed by atoms with Crippen LogP contribution in [0.4, 0.5) is 17.1 Å². The number of rotatable bonds is 6. The first-order chi connectivity index (χ1) is 11.6. The number of nitrogen functional groups attached to an aromatic ring is 1. The zero-order chi connectivity index (χ0) is 18.7. The Morgan fingerprint density at radius 2 is 1.68 bits per heavy atom. The van der Waals surface area contributed by atoms with Gasteiger partial charge >= 0.3 is 0 Å². The minimum absolute atomic E-state index is 0.0956. The Bertz CT molecular complexity index is 873. The minimum atomic E-state index is -3.31. The Morgan fingerprint density at radius 3 is 2.24 bits per heavy atom. The van der Waals surface area contributed by atoms with Gasteiger partial charge in [-0.1, -0.05) is 11.6 Å². The van der Waals surface area contributed by atoms with Gasteiger partial charge in [0.15, 0.2) is 9.84 Å². The highest BCUT2D eigenvalue weighted by molar-refractivity contribution is 7.91. The van der Waals surface area contributed by atoms with E-state index in [2.05, 4.69) is 10.2 Å². The van der Waals surface area contributed by atoms with E-state index in [1.165, 1.54) is 0 Å². The van der Waals surface area contributed by atoms with E-state index in [4.69, 9.17) is 17.3 Å². The normalized spacial score (nSPS) is 12.6. The van der Waals surface area contributed by atoms with Crippen LogP contribution in [0.3, 0.4) is 0 Å². The summed E-state index contributed by atoms with van der Waals surface area (Å²) >= 11 is 6.04. The van der Waals surface area contributed by atoms with Crippen LogP contribution in [-0.4, -0.2) is 46.3 Å². The summed E-state index contributed by atoms with van der Waals surface area (Å²) in [5.41, 5.74) is 7.21. The van der Waals surface area contributed by atoms with Crippen molar-refractivity contribution < 1.29 is 12.9 Å². The number of sulfone groups is 1. The van der Waals surface area contributed by atoms with Gasteiger partial charge in [0.05, 0.1) is 43.3 Å². The summed E-state index contributed by atoms with van der Waals surface area (Å²) in [6.45, 7) is 0.541. The third-order valence-electron chi connectivity index (χ3n) is 3.47. The number of hydrogen-bond acceptors (Lipinski definition) is 5. The largest absolute Gasteiger partial charge is 0.399 e. The lowest BCUT2D eigenvalue weighted by Crippen LogP contribution is -2.38. The molecule has 8 heteroatoms. The molecule has 0 saturated heterocycles. The molecule has 0 unspecified atom stereocenters. The summed E-state index contributed by atoms with van der Waals surface area (Å²) in [5, 5.41) is 8.55. The molecule has 0 amide bonds. The Hall–Kier alpha value is -1.96. The molecule has 0 aliphatic carbocycles. The summed E-state index contributed by atoms with van der Waals surface area (Å²) in [5.74, 6) is 0.0956. The van der Waals surface area contributed by atoms with E-state index in [0.29, 0.717) is 33.1 Å².